The molecule has 1 aromatic heterocycles. The highest BCUT2D eigenvalue weighted by Crippen LogP contribution is 2.42. The van der Waals surface area contributed by atoms with Crippen LogP contribution < -0.4 is 5.32 Å². The molecule has 4 rings (SSSR count). The maximum atomic E-state index is 3.75. The summed E-state index contributed by atoms with van der Waals surface area (Å²) in [7, 11) is 0. The topological polar surface area (TPSA) is 12.0 Å². The van der Waals surface area contributed by atoms with Crippen molar-refractivity contribution in [3.8, 4) is 0 Å². The largest absolute Gasteiger partial charge is 0.308 e. The van der Waals surface area contributed by atoms with Crippen molar-refractivity contribution >= 4 is 11.3 Å². The van der Waals surface area contributed by atoms with E-state index in [0.29, 0.717) is 0 Å². The third kappa shape index (κ3) is 1.69. The predicted molar refractivity (Wildman–Crippen MR) is 72.3 cm³/mol. The van der Waals surface area contributed by atoms with Gasteiger partial charge in [0.15, 0.2) is 0 Å². The van der Waals surface area contributed by atoms with Crippen molar-refractivity contribution in [2.75, 3.05) is 0 Å². The lowest BCUT2D eigenvalue weighted by atomic mass is 9.71. The highest BCUT2D eigenvalue weighted by atomic mass is 32.1. The molecule has 1 fully saturated rings. The molecule has 1 aromatic rings. The summed E-state index contributed by atoms with van der Waals surface area (Å²) in [6.07, 6.45) is 11.6. The summed E-state index contributed by atoms with van der Waals surface area (Å²) in [5, 5.41) is 3.75. The Balaban J connectivity index is 1.37. The average Bonchev–Trinajstić information content (AvgIpc) is 2.93. The number of thiophene rings is 1. The molecule has 0 saturated heterocycles. The van der Waals surface area contributed by atoms with E-state index >= 15 is 0 Å². The van der Waals surface area contributed by atoms with Crippen molar-refractivity contribution in [2.24, 2.45) is 11.8 Å². The van der Waals surface area contributed by atoms with E-state index in [9.17, 15) is 0 Å². The van der Waals surface area contributed by atoms with Crippen LogP contribution in [0.1, 0.15) is 34.6 Å². The Morgan fingerprint density at radius 2 is 2.35 bits per heavy atom. The molecule has 0 bridgehead atoms. The molecular weight excluding hydrogens is 226 g/mol. The van der Waals surface area contributed by atoms with Gasteiger partial charge in [0.1, 0.15) is 0 Å². The molecule has 0 aliphatic heterocycles. The number of fused-ring (bicyclic) bond motifs is 2. The van der Waals surface area contributed by atoms with Gasteiger partial charge in [0.2, 0.25) is 0 Å². The normalized spacial score (nSPS) is 33.5. The van der Waals surface area contributed by atoms with Crippen molar-refractivity contribution in [1.82, 2.24) is 5.32 Å². The summed E-state index contributed by atoms with van der Waals surface area (Å²) in [6.45, 7) is 1.10. The summed E-state index contributed by atoms with van der Waals surface area (Å²) in [6, 6.07) is 3.20. The predicted octanol–water partition coefficient (Wildman–Crippen LogP) is 3.29. The number of nitrogens with one attached hydrogen (secondary N) is 1. The molecule has 1 saturated carbocycles. The maximum absolute atomic E-state index is 3.75. The first kappa shape index (κ1) is 10.3. The minimum atomic E-state index is 0.760. The summed E-state index contributed by atoms with van der Waals surface area (Å²) < 4.78 is 0. The van der Waals surface area contributed by atoms with Crippen LogP contribution in [0.2, 0.25) is 0 Å². The van der Waals surface area contributed by atoms with Crippen LogP contribution in [0.15, 0.2) is 18.2 Å². The van der Waals surface area contributed by atoms with E-state index in [4.69, 9.17) is 0 Å². The van der Waals surface area contributed by atoms with Crippen LogP contribution in [-0.2, 0) is 19.4 Å². The summed E-state index contributed by atoms with van der Waals surface area (Å²) in [5.41, 5.74) is 1.64. The minimum Gasteiger partial charge on any atom is -0.308 e. The first-order valence-electron chi connectivity index (χ1n) is 6.90. The highest BCUT2D eigenvalue weighted by Gasteiger charge is 2.40. The van der Waals surface area contributed by atoms with Gasteiger partial charge >= 0.3 is 0 Å². The number of rotatable bonds is 3. The lowest BCUT2D eigenvalue weighted by molar-refractivity contribution is 0.162. The fraction of sp³-hybridized carbons (Fsp3) is 0.600. The molecule has 3 aliphatic carbocycles. The quantitative estimate of drug-likeness (QED) is 0.806. The zero-order valence-corrected chi connectivity index (χ0v) is 10.9. The van der Waals surface area contributed by atoms with Gasteiger partial charge in [-0.05, 0) is 55.6 Å². The Morgan fingerprint density at radius 1 is 1.35 bits per heavy atom. The molecule has 0 amide bonds. The Morgan fingerprint density at radius 3 is 3.24 bits per heavy atom. The molecule has 0 aromatic carbocycles. The van der Waals surface area contributed by atoms with E-state index in [2.05, 4.69) is 23.5 Å². The van der Waals surface area contributed by atoms with E-state index in [0.717, 1.165) is 24.4 Å². The Labute approximate surface area is 107 Å². The van der Waals surface area contributed by atoms with Crippen LogP contribution in [0.4, 0.5) is 0 Å². The summed E-state index contributed by atoms with van der Waals surface area (Å²) >= 11 is 2.04. The molecule has 3 atom stereocenters. The fourth-order valence-corrected chi connectivity index (χ4v) is 4.87. The number of aryl methyl sites for hydroxylation is 2. The third-order valence-corrected chi connectivity index (χ3v) is 5.94. The van der Waals surface area contributed by atoms with Crippen LogP contribution in [-0.4, -0.2) is 6.04 Å². The number of allylic oxidation sites excluding steroid dienone is 1. The fourth-order valence-electron chi connectivity index (χ4n) is 3.66. The lowest BCUT2D eigenvalue weighted by Crippen LogP contribution is -2.47. The van der Waals surface area contributed by atoms with E-state index in [1.54, 1.807) is 15.3 Å². The summed E-state index contributed by atoms with van der Waals surface area (Å²) in [4.78, 5) is 3.22. The third-order valence-electron chi connectivity index (χ3n) is 4.70. The van der Waals surface area contributed by atoms with Crippen LogP contribution >= 0.6 is 11.3 Å². The van der Waals surface area contributed by atoms with Crippen molar-refractivity contribution in [3.63, 3.8) is 0 Å². The Kier molecular flexibility index (Phi) is 2.41. The van der Waals surface area contributed by atoms with Crippen molar-refractivity contribution < 1.29 is 0 Å². The zero-order chi connectivity index (χ0) is 11.2. The molecule has 2 heteroatoms. The van der Waals surface area contributed by atoms with Crippen molar-refractivity contribution in [1.29, 1.82) is 0 Å². The molecule has 17 heavy (non-hydrogen) atoms. The van der Waals surface area contributed by atoms with Gasteiger partial charge in [0.25, 0.3) is 0 Å². The maximum Gasteiger partial charge on any atom is 0.0302 e. The van der Waals surface area contributed by atoms with Crippen LogP contribution in [0.25, 0.3) is 0 Å². The molecule has 1 heterocycles. The van der Waals surface area contributed by atoms with Gasteiger partial charge in [-0.25, -0.2) is 0 Å². The van der Waals surface area contributed by atoms with Crippen LogP contribution in [0.3, 0.4) is 0 Å². The van der Waals surface area contributed by atoms with E-state index in [-0.39, 0.29) is 0 Å². The van der Waals surface area contributed by atoms with Crippen LogP contribution in [0, 0.1) is 11.8 Å². The van der Waals surface area contributed by atoms with Gasteiger partial charge in [-0.1, -0.05) is 12.2 Å². The minimum absolute atomic E-state index is 0.760. The summed E-state index contributed by atoms with van der Waals surface area (Å²) in [5.74, 6) is 1.82. The molecule has 0 radical (unpaired) electrons. The Bertz CT molecular complexity index is 438. The number of hydrogen-bond donors (Lipinski definition) is 1. The van der Waals surface area contributed by atoms with Gasteiger partial charge in [-0.15, -0.1) is 11.3 Å². The number of hydrogen-bond acceptors (Lipinski definition) is 2. The van der Waals surface area contributed by atoms with Gasteiger partial charge in [-0.3, -0.25) is 0 Å². The zero-order valence-electron chi connectivity index (χ0n) is 10.1. The highest BCUT2D eigenvalue weighted by molar-refractivity contribution is 7.12. The van der Waals surface area contributed by atoms with Crippen molar-refractivity contribution in [2.45, 2.75) is 44.7 Å². The molecule has 3 unspecified atom stereocenters. The standard InChI is InChI=1S/C15H19NS/c1-3-10-8-14(13(10)5-1)16-9-12-7-11-4-2-6-15(11)17-12/h1,5,7,10,13-14,16H,2-4,6,8-9H2. The lowest BCUT2D eigenvalue weighted by Gasteiger charge is -2.40. The first-order valence-corrected chi connectivity index (χ1v) is 7.72. The first-order chi connectivity index (χ1) is 8.40. The molecular formula is C15H19NS. The molecule has 3 aliphatic rings. The molecule has 1 nitrogen and oxygen atoms in total. The second-order valence-electron chi connectivity index (χ2n) is 5.74. The van der Waals surface area contributed by atoms with Crippen LogP contribution in [0.5, 0.6) is 0 Å². The second-order valence-corrected chi connectivity index (χ2v) is 6.96. The molecule has 90 valence electrons. The van der Waals surface area contributed by atoms with Gasteiger partial charge in [-0.2, -0.15) is 0 Å². The van der Waals surface area contributed by atoms with Crippen molar-refractivity contribution in [3.05, 3.63) is 33.5 Å². The monoisotopic (exact) mass is 245 g/mol. The second kappa shape index (κ2) is 3.96. The van der Waals surface area contributed by atoms with E-state index in [1.165, 1.54) is 32.1 Å². The molecule has 1 N–H and O–H groups in total. The van der Waals surface area contributed by atoms with Gasteiger partial charge in [0, 0.05) is 22.3 Å². The van der Waals surface area contributed by atoms with E-state index in [1.807, 2.05) is 11.3 Å². The smallest absolute Gasteiger partial charge is 0.0302 e. The van der Waals surface area contributed by atoms with E-state index < -0.39 is 0 Å². The average molecular weight is 245 g/mol. The Hall–Kier alpha value is -0.600. The van der Waals surface area contributed by atoms with Gasteiger partial charge < -0.3 is 5.32 Å². The van der Waals surface area contributed by atoms with Gasteiger partial charge in [0.05, 0.1) is 0 Å². The SMILES string of the molecule is C1=CC2C(C1)CC2NCc1cc2c(s1)CCC2. The molecule has 0 spiro atoms.